The number of hydrogen-bond donors (Lipinski definition) is 1. The van der Waals surface area contributed by atoms with Gasteiger partial charge in [-0.15, -0.1) is 0 Å². The van der Waals surface area contributed by atoms with Gasteiger partial charge in [0.2, 0.25) is 0 Å². The van der Waals surface area contributed by atoms with Crippen molar-refractivity contribution in [3.8, 4) is 0 Å². The van der Waals surface area contributed by atoms with Crippen molar-refractivity contribution in [3.63, 3.8) is 0 Å². The van der Waals surface area contributed by atoms with Gasteiger partial charge in [0, 0.05) is 43.0 Å². The van der Waals surface area contributed by atoms with Crippen LogP contribution < -0.4 is 10.9 Å². The SMILES string of the molecule is CCCCOC(=O)c1ccc(NC(=S)N2C[C@@H]3C[C@H](C2)c2cccc(=O)n2C3)cc1. The molecule has 0 saturated carbocycles. The molecule has 1 fully saturated rings. The van der Waals surface area contributed by atoms with Crippen molar-refractivity contribution < 1.29 is 9.53 Å². The van der Waals surface area contributed by atoms with Crippen molar-refractivity contribution in [2.75, 3.05) is 25.0 Å². The number of hydrogen-bond acceptors (Lipinski definition) is 4. The van der Waals surface area contributed by atoms with Crippen molar-refractivity contribution in [1.29, 1.82) is 0 Å². The molecule has 1 N–H and O–H groups in total. The van der Waals surface area contributed by atoms with Crippen LogP contribution in [-0.2, 0) is 11.3 Å². The summed E-state index contributed by atoms with van der Waals surface area (Å²) in [4.78, 5) is 26.4. The smallest absolute Gasteiger partial charge is 0.338 e. The highest BCUT2D eigenvalue weighted by molar-refractivity contribution is 7.80. The molecule has 2 atom stereocenters. The highest BCUT2D eigenvalue weighted by Gasteiger charge is 2.35. The number of nitrogens with one attached hydrogen (secondary N) is 1. The normalized spacial score (nSPS) is 19.7. The maximum absolute atomic E-state index is 12.2. The highest BCUT2D eigenvalue weighted by atomic mass is 32.1. The lowest BCUT2D eigenvalue weighted by atomic mass is 9.83. The molecule has 1 saturated heterocycles. The number of nitrogens with zero attached hydrogens (tertiary/aromatic N) is 2. The third kappa shape index (κ3) is 4.41. The summed E-state index contributed by atoms with van der Waals surface area (Å²) in [6.07, 6.45) is 2.96. The lowest BCUT2D eigenvalue weighted by Gasteiger charge is -2.43. The number of likely N-dealkylation sites (tertiary alicyclic amines) is 1. The van der Waals surface area contributed by atoms with E-state index < -0.39 is 0 Å². The molecular formula is C23H27N3O3S. The molecule has 0 spiro atoms. The predicted octanol–water partition coefficient (Wildman–Crippen LogP) is 3.62. The van der Waals surface area contributed by atoms with Crippen molar-refractivity contribution in [2.45, 2.75) is 38.6 Å². The van der Waals surface area contributed by atoms with E-state index in [-0.39, 0.29) is 11.5 Å². The zero-order valence-corrected chi connectivity index (χ0v) is 18.0. The summed E-state index contributed by atoms with van der Waals surface area (Å²) in [5, 5.41) is 3.97. The van der Waals surface area contributed by atoms with Crippen LogP contribution in [0.15, 0.2) is 47.3 Å². The second-order valence-electron chi connectivity index (χ2n) is 8.10. The number of carbonyl (C=O) groups excluding carboxylic acids is 1. The van der Waals surface area contributed by atoms with Gasteiger partial charge in [-0.3, -0.25) is 4.79 Å². The Kier molecular flexibility index (Phi) is 6.18. The maximum Gasteiger partial charge on any atom is 0.338 e. The minimum absolute atomic E-state index is 0.0877. The average Bonchev–Trinajstić information content (AvgIpc) is 2.75. The Labute approximate surface area is 181 Å². The Hall–Kier alpha value is -2.67. The number of esters is 1. The van der Waals surface area contributed by atoms with E-state index >= 15 is 0 Å². The fourth-order valence-electron chi connectivity index (χ4n) is 4.35. The number of benzene rings is 1. The number of anilines is 1. The van der Waals surface area contributed by atoms with Crippen molar-refractivity contribution in [3.05, 3.63) is 64.1 Å². The van der Waals surface area contributed by atoms with Gasteiger partial charge in [-0.05, 0) is 61.3 Å². The zero-order chi connectivity index (χ0) is 21.1. The van der Waals surface area contributed by atoms with E-state index in [1.165, 1.54) is 0 Å². The molecule has 4 rings (SSSR count). The standard InChI is InChI=1S/C23H27N3O3S/c1-2-3-11-29-22(28)17-7-9-19(10-8-17)24-23(30)25-13-16-12-18(15-25)20-5-4-6-21(27)26(20)14-16/h4-10,16,18H,2-3,11-15H2,1H3,(H,24,30)/t16-,18+/m0/s1. The van der Waals surface area contributed by atoms with Gasteiger partial charge in [-0.2, -0.15) is 0 Å². The van der Waals surface area contributed by atoms with Crippen molar-refractivity contribution in [1.82, 2.24) is 9.47 Å². The zero-order valence-electron chi connectivity index (χ0n) is 17.2. The quantitative estimate of drug-likeness (QED) is 0.448. The third-order valence-corrected chi connectivity index (χ3v) is 6.23. The Balaban J connectivity index is 1.38. The second kappa shape index (κ2) is 9.00. The summed E-state index contributed by atoms with van der Waals surface area (Å²) in [6.45, 7) is 4.90. The fourth-order valence-corrected chi connectivity index (χ4v) is 4.61. The second-order valence-corrected chi connectivity index (χ2v) is 8.49. The predicted molar refractivity (Wildman–Crippen MR) is 121 cm³/mol. The first-order valence-corrected chi connectivity index (χ1v) is 11.0. The van der Waals surface area contributed by atoms with E-state index in [1.807, 2.05) is 22.8 Å². The molecule has 0 aliphatic carbocycles. The van der Waals surface area contributed by atoms with Crippen LogP contribution in [0.4, 0.5) is 5.69 Å². The van der Waals surface area contributed by atoms with Gasteiger partial charge in [0.25, 0.3) is 5.56 Å². The Morgan fingerprint density at radius 3 is 2.73 bits per heavy atom. The Bertz CT molecular complexity index is 986. The van der Waals surface area contributed by atoms with Crippen LogP contribution in [0.1, 0.15) is 48.2 Å². The minimum atomic E-state index is -0.296. The van der Waals surface area contributed by atoms with Crippen LogP contribution in [0.3, 0.4) is 0 Å². The molecule has 6 nitrogen and oxygen atoms in total. The molecule has 1 aromatic carbocycles. The van der Waals surface area contributed by atoms with E-state index in [1.54, 1.807) is 18.2 Å². The fraction of sp³-hybridized carbons (Fsp3) is 0.435. The van der Waals surface area contributed by atoms with Crippen LogP contribution in [0.5, 0.6) is 0 Å². The first kappa shape index (κ1) is 20.6. The van der Waals surface area contributed by atoms with Gasteiger partial charge in [-0.25, -0.2) is 4.79 Å². The Morgan fingerprint density at radius 1 is 1.17 bits per heavy atom. The average molecular weight is 426 g/mol. The van der Waals surface area contributed by atoms with E-state index in [4.69, 9.17) is 17.0 Å². The molecule has 2 aliphatic heterocycles. The molecule has 3 heterocycles. The van der Waals surface area contributed by atoms with Crippen molar-refractivity contribution >= 4 is 29.0 Å². The van der Waals surface area contributed by atoms with Gasteiger partial charge in [0.05, 0.1) is 12.2 Å². The van der Waals surface area contributed by atoms with Gasteiger partial charge in [-0.1, -0.05) is 19.4 Å². The van der Waals surface area contributed by atoms with E-state index in [0.717, 1.165) is 50.3 Å². The molecule has 2 aliphatic rings. The number of rotatable bonds is 5. The number of aromatic nitrogens is 1. The first-order valence-electron chi connectivity index (χ1n) is 10.6. The third-order valence-electron chi connectivity index (χ3n) is 5.87. The van der Waals surface area contributed by atoms with E-state index in [2.05, 4.69) is 23.2 Å². The molecule has 7 heteroatoms. The van der Waals surface area contributed by atoms with Crippen LogP contribution in [0.25, 0.3) is 0 Å². The molecule has 2 aromatic rings. The molecular weight excluding hydrogens is 398 g/mol. The lowest BCUT2D eigenvalue weighted by molar-refractivity contribution is 0.0500. The van der Waals surface area contributed by atoms with E-state index in [0.29, 0.717) is 29.1 Å². The molecule has 2 bridgehead atoms. The van der Waals surface area contributed by atoms with Gasteiger partial charge in [0.1, 0.15) is 0 Å². The molecule has 158 valence electrons. The molecule has 1 aromatic heterocycles. The maximum atomic E-state index is 12.2. The molecule has 0 unspecified atom stereocenters. The first-order chi connectivity index (χ1) is 14.5. The Morgan fingerprint density at radius 2 is 1.97 bits per heavy atom. The molecule has 0 radical (unpaired) electrons. The molecule has 30 heavy (non-hydrogen) atoms. The van der Waals surface area contributed by atoms with Gasteiger partial charge >= 0.3 is 5.97 Å². The largest absolute Gasteiger partial charge is 0.462 e. The number of ether oxygens (including phenoxy) is 1. The summed E-state index contributed by atoms with van der Waals surface area (Å²) in [6, 6.07) is 12.8. The topological polar surface area (TPSA) is 63.6 Å². The van der Waals surface area contributed by atoms with Gasteiger partial charge < -0.3 is 19.5 Å². The summed E-state index contributed by atoms with van der Waals surface area (Å²) in [5.74, 6) is 0.429. The number of carbonyl (C=O) groups is 1. The van der Waals surface area contributed by atoms with Crippen LogP contribution in [0.2, 0.25) is 0 Å². The summed E-state index contributed by atoms with van der Waals surface area (Å²) in [7, 11) is 0. The van der Waals surface area contributed by atoms with E-state index in [9.17, 15) is 9.59 Å². The number of fused-ring (bicyclic) bond motifs is 4. The minimum Gasteiger partial charge on any atom is -0.462 e. The number of pyridine rings is 1. The summed E-state index contributed by atoms with van der Waals surface area (Å²) in [5.41, 5.74) is 2.58. The van der Waals surface area contributed by atoms with Crippen LogP contribution >= 0.6 is 12.2 Å². The number of unbranched alkanes of at least 4 members (excludes halogenated alkanes) is 1. The number of thiocarbonyl (C=S) groups is 1. The summed E-state index contributed by atoms with van der Waals surface area (Å²) >= 11 is 5.67. The molecule has 0 amide bonds. The van der Waals surface area contributed by atoms with Gasteiger partial charge in [0.15, 0.2) is 5.11 Å². The monoisotopic (exact) mass is 425 g/mol. The van der Waals surface area contributed by atoms with Crippen LogP contribution in [0, 0.1) is 5.92 Å². The lowest BCUT2D eigenvalue weighted by Crippen LogP contribution is -2.50. The van der Waals surface area contributed by atoms with Crippen molar-refractivity contribution in [2.24, 2.45) is 5.92 Å². The summed E-state index contributed by atoms with van der Waals surface area (Å²) < 4.78 is 7.17. The van der Waals surface area contributed by atoms with Crippen LogP contribution in [-0.4, -0.2) is 40.2 Å². The highest BCUT2D eigenvalue weighted by Crippen LogP contribution is 2.35. The number of piperidine rings is 1.